The molecular weight excluding hydrogens is 358 g/mol. The second kappa shape index (κ2) is 8.46. The van der Waals surface area contributed by atoms with Crippen molar-refractivity contribution in [2.45, 2.75) is 59.4 Å². The third-order valence-electron chi connectivity index (χ3n) is 4.53. The first-order valence-corrected chi connectivity index (χ1v) is 9.50. The van der Waals surface area contributed by atoms with Gasteiger partial charge in [0, 0.05) is 6.42 Å². The van der Waals surface area contributed by atoms with E-state index in [0.717, 1.165) is 12.0 Å². The molecule has 1 amide bonds. The molecule has 4 N–H and O–H groups in total. The van der Waals surface area contributed by atoms with E-state index in [-0.39, 0.29) is 23.8 Å². The van der Waals surface area contributed by atoms with Gasteiger partial charge in [-0.05, 0) is 45.2 Å². The number of carboxylic acids is 1. The lowest BCUT2D eigenvalue weighted by atomic mass is 10.0. The minimum absolute atomic E-state index is 0.0129. The molecule has 2 rings (SSSR count). The predicted octanol–water partition coefficient (Wildman–Crippen LogP) is 3.46. The second-order valence-corrected chi connectivity index (χ2v) is 7.56. The fraction of sp³-hybridized carbons (Fsp3) is 0.476. The van der Waals surface area contributed by atoms with Gasteiger partial charge in [0.15, 0.2) is 0 Å². The summed E-state index contributed by atoms with van der Waals surface area (Å²) in [6.45, 7) is 9.53. The van der Waals surface area contributed by atoms with Gasteiger partial charge in [-0.1, -0.05) is 19.9 Å². The average molecular weight is 387 g/mol. The quantitative estimate of drug-likeness (QED) is 0.639. The normalized spacial score (nSPS) is 11.5. The molecule has 0 radical (unpaired) electrons. The van der Waals surface area contributed by atoms with Crippen LogP contribution >= 0.6 is 0 Å². The number of nitrogens with zero attached hydrogens (tertiary/aromatic N) is 1. The summed E-state index contributed by atoms with van der Waals surface area (Å²) in [4.78, 5) is 28.0. The van der Waals surface area contributed by atoms with Crippen molar-refractivity contribution in [3.8, 4) is 5.75 Å². The van der Waals surface area contributed by atoms with Crippen molar-refractivity contribution in [3.05, 3.63) is 29.0 Å². The van der Waals surface area contributed by atoms with Gasteiger partial charge in [0.25, 0.3) is 0 Å². The Bertz CT molecular complexity index is 906. The Labute approximate surface area is 165 Å². The zero-order valence-corrected chi connectivity index (χ0v) is 17.2. The van der Waals surface area contributed by atoms with Crippen molar-refractivity contribution in [2.75, 3.05) is 12.3 Å². The van der Waals surface area contributed by atoms with Crippen LogP contribution in [0, 0.1) is 6.92 Å². The molecule has 2 aromatic rings. The van der Waals surface area contributed by atoms with Crippen LogP contribution in [-0.2, 0) is 11.2 Å². The molecule has 1 aromatic heterocycles. The van der Waals surface area contributed by atoms with E-state index in [1.165, 1.54) is 0 Å². The molecule has 0 saturated carbocycles. The van der Waals surface area contributed by atoms with Crippen molar-refractivity contribution in [1.82, 2.24) is 10.3 Å². The number of amides is 1. The summed E-state index contributed by atoms with van der Waals surface area (Å²) in [6.07, 6.45) is 1.91. The number of nitrogens with two attached hydrogens (primary N) is 1. The summed E-state index contributed by atoms with van der Waals surface area (Å²) in [5.41, 5.74) is 7.62. The van der Waals surface area contributed by atoms with E-state index in [4.69, 9.17) is 10.5 Å². The predicted molar refractivity (Wildman–Crippen MR) is 110 cm³/mol. The fourth-order valence-corrected chi connectivity index (χ4v) is 3.19. The van der Waals surface area contributed by atoms with E-state index in [1.807, 2.05) is 39.8 Å². The van der Waals surface area contributed by atoms with Gasteiger partial charge in [-0.15, -0.1) is 0 Å². The monoisotopic (exact) mass is 387 g/mol. The van der Waals surface area contributed by atoms with Gasteiger partial charge in [-0.3, -0.25) is 9.78 Å². The molecule has 1 heterocycles. The number of carbonyl (C=O) groups excluding carboxylic acids is 1. The van der Waals surface area contributed by atoms with Crippen LogP contribution in [0.25, 0.3) is 10.9 Å². The number of nitrogens with one attached hydrogen (secondary N) is 1. The molecular formula is C21H29N3O4. The first-order valence-electron chi connectivity index (χ1n) is 9.50. The van der Waals surface area contributed by atoms with Gasteiger partial charge in [-0.25, -0.2) is 4.79 Å². The highest BCUT2D eigenvalue weighted by atomic mass is 16.5. The van der Waals surface area contributed by atoms with Crippen LogP contribution in [0.15, 0.2) is 12.1 Å². The topological polar surface area (TPSA) is 115 Å². The molecule has 28 heavy (non-hydrogen) atoms. The number of aromatic nitrogens is 1. The molecule has 7 nitrogen and oxygen atoms in total. The van der Waals surface area contributed by atoms with Crippen LogP contribution in [-0.4, -0.2) is 34.1 Å². The van der Waals surface area contributed by atoms with Crippen LogP contribution in [0.1, 0.15) is 62.2 Å². The minimum atomic E-state index is -1.12. The molecule has 0 bridgehead atoms. The lowest BCUT2D eigenvalue weighted by Crippen LogP contribution is -2.47. The number of aromatic carboxylic acids is 1. The molecule has 0 aliphatic carbocycles. The second-order valence-electron chi connectivity index (χ2n) is 7.56. The van der Waals surface area contributed by atoms with Crippen LogP contribution < -0.4 is 15.8 Å². The number of carboxylic acid groups (broad SMARTS) is 1. The van der Waals surface area contributed by atoms with Crippen LogP contribution in [0.3, 0.4) is 0 Å². The number of carbonyl (C=O) groups is 2. The molecule has 0 unspecified atom stereocenters. The molecule has 0 fully saturated rings. The van der Waals surface area contributed by atoms with Crippen molar-refractivity contribution in [3.63, 3.8) is 0 Å². The van der Waals surface area contributed by atoms with Gasteiger partial charge in [0.1, 0.15) is 17.9 Å². The maximum Gasteiger partial charge on any atom is 0.339 e. The van der Waals surface area contributed by atoms with E-state index in [2.05, 4.69) is 10.3 Å². The maximum atomic E-state index is 12.0. The summed E-state index contributed by atoms with van der Waals surface area (Å²) >= 11 is 0. The molecule has 0 spiro atoms. The first kappa shape index (κ1) is 21.5. The number of aryl methyl sites for hydroxylation is 2. The highest BCUT2D eigenvalue weighted by molar-refractivity contribution is 6.07. The number of fused-ring (bicyclic) bond motifs is 1. The number of hydrogen-bond acceptors (Lipinski definition) is 5. The SMILES string of the molecule is CCCC(=O)NC(C)(C)COc1c(CC)ccc2nc(C)c(C(=O)O)c(N)c12. The summed E-state index contributed by atoms with van der Waals surface area (Å²) in [5, 5.41) is 13.0. The number of ether oxygens (including phenoxy) is 1. The molecule has 7 heteroatoms. The van der Waals surface area contributed by atoms with E-state index >= 15 is 0 Å². The van der Waals surface area contributed by atoms with Crippen LogP contribution in [0.2, 0.25) is 0 Å². The lowest BCUT2D eigenvalue weighted by molar-refractivity contribution is -0.123. The number of pyridine rings is 1. The van der Waals surface area contributed by atoms with Gasteiger partial charge in [0.2, 0.25) is 5.91 Å². The Hall–Kier alpha value is -2.83. The third kappa shape index (κ3) is 4.52. The molecule has 0 aliphatic rings. The highest BCUT2D eigenvalue weighted by Crippen LogP contribution is 2.37. The zero-order chi connectivity index (χ0) is 21.1. The standard InChI is InChI=1S/C21H29N3O4/c1-6-8-15(25)24-21(4,5)11-28-19-13(7-2)9-10-14-17(19)18(22)16(20(26)27)12(3)23-14/h9-10H,6-8,11H2,1-5H3,(H2,22,23)(H,24,25)(H,26,27). The number of rotatable bonds is 8. The Morgan fingerprint density at radius 1 is 1.29 bits per heavy atom. The summed E-state index contributed by atoms with van der Waals surface area (Å²) in [7, 11) is 0. The summed E-state index contributed by atoms with van der Waals surface area (Å²) in [6, 6.07) is 3.73. The van der Waals surface area contributed by atoms with E-state index < -0.39 is 11.5 Å². The van der Waals surface area contributed by atoms with Crippen LogP contribution in [0.5, 0.6) is 5.75 Å². The third-order valence-corrected chi connectivity index (χ3v) is 4.53. The number of hydrogen-bond donors (Lipinski definition) is 3. The van der Waals surface area contributed by atoms with Crippen molar-refractivity contribution < 1.29 is 19.4 Å². The Kier molecular flexibility index (Phi) is 6.48. The first-order chi connectivity index (χ1) is 13.1. The fourth-order valence-electron chi connectivity index (χ4n) is 3.19. The minimum Gasteiger partial charge on any atom is -0.490 e. The van der Waals surface area contributed by atoms with E-state index in [0.29, 0.717) is 35.2 Å². The number of anilines is 1. The maximum absolute atomic E-state index is 12.0. The van der Waals surface area contributed by atoms with Gasteiger partial charge < -0.3 is 20.9 Å². The van der Waals surface area contributed by atoms with Crippen LogP contribution in [0.4, 0.5) is 5.69 Å². The number of benzene rings is 1. The van der Waals surface area contributed by atoms with Gasteiger partial charge in [-0.2, -0.15) is 0 Å². The Morgan fingerprint density at radius 2 is 1.96 bits per heavy atom. The highest BCUT2D eigenvalue weighted by Gasteiger charge is 2.24. The van der Waals surface area contributed by atoms with Gasteiger partial charge >= 0.3 is 5.97 Å². The smallest absolute Gasteiger partial charge is 0.339 e. The van der Waals surface area contributed by atoms with E-state index in [1.54, 1.807) is 6.92 Å². The summed E-state index contributed by atoms with van der Waals surface area (Å²) < 4.78 is 6.11. The molecule has 1 aromatic carbocycles. The lowest BCUT2D eigenvalue weighted by Gasteiger charge is -2.27. The molecule has 0 atom stereocenters. The van der Waals surface area contributed by atoms with Crippen molar-refractivity contribution in [2.24, 2.45) is 0 Å². The van der Waals surface area contributed by atoms with Crippen molar-refractivity contribution >= 4 is 28.5 Å². The number of nitrogen functional groups attached to an aromatic ring is 1. The van der Waals surface area contributed by atoms with E-state index in [9.17, 15) is 14.7 Å². The molecule has 0 saturated heterocycles. The largest absolute Gasteiger partial charge is 0.490 e. The zero-order valence-electron chi connectivity index (χ0n) is 17.2. The Balaban J connectivity index is 2.49. The average Bonchev–Trinajstić information content (AvgIpc) is 2.58. The summed E-state index contributed by atoms with van der Waals surface area (Å²) in [5.74, 6) is -0.635. The Morgan fingerprint density at radius 3 is 2.54 bits per heavy atom. The van der Waals surface area contributed by atoms with Gasteiger partial charge in [0.05, 0.1) is 27.8 Å². The molecule has 0 aliphatic heterocycles. The molecule has 152 valence electrons. The van der Waals surface area contributed by atoms with Crippen molar-refractivity contribution in [1.29, 1.82) is 0 Å².